The Kier molecular flexibility index (Phi) is 3.50. The van der Waals surface area contributed by atoms with Crippen LogP contribution < -0.4 is 0 Å². The zero-order valence-electron chi connectivity index (χ0n) is 12.2. The largest absolute Gasteiger partial charge is 0.465 e. The maximum Gasteiger partial charge on any atom is 0.357 e. The number of nitrogens with zero attached hydrogens (tertiary/aromatic N) is 2. The van der Waals surface area contributed by atoms with Crippen LogP contribution in [-0.2, 0) is 9.47 Å². The van der Waals surface area contributed by atoms with Crippen molar-refractivity contribution in [2.75, 3.05) is 13.7 Å². The monoisotopic (exact) mass is 298 g/mol. The van der Waals surface area contributed by atoms with Crippen molar-refractivity contribution in [3.05, 3.63) is 47.8 Å². The van der Waals surface area contributed by atoms with Crippen molar-refractivity contribution in [1.29, 1.82) is 0 Å². The van der Waals surface area contributed by atoms with Gasteiger partial charge in [-0.15, -0.1) is 0 Å². The number of carbonyl (C=O) groups is 2. The van der Waals surface area contributed by atoms with Crippen molar-refractivity contribution in [2.45, 2.75) is 6.92 Å². The number of esters is 2. The van der Waals surface area contributed by atoms with Crippen molar-refractivity contribution in [3.63, 3.8) is 0 Å². The second-order valence-electron chi connectivity index (χ2n) is 4.65. The molecule has 0 saturated heterocycles. The van der Waals surface area contributed by atoms with E-state index in [0.717, 1.165) is 10.8 Å². The number of carbonyl (C=O) groups excluding carboxylic acids is 2. The number of hydrogen-bond acceptors (Lipinski definition) is 5. The predicted molar refractivity (Wildman–Crippen MR) is 80.0 cm³/mol. The van der Waals surface area contributed by atoms with Crippen molar-refractivity contribution in [3.8, 4) is 0 Å². The lowest BCUT2D eigenvalue weighted by atomic mass is 10.1. The zero-order valence-corrected chi connectivity index (χ0v) is 12.2. The Morgan fingerprint density at radius 2 is 2.00 bits per heavy atom. The summed E-state index contributed by atoms with van der Waals surface area (Å²) in [6, 6.07) is 8.96. The van der Waals surface area contributed by atoms with Crippen molar-refractivity contribution >= 4 is 28.2 Å². The van der Waals surface area contributed by atoms with Crippen LogP contribution in [0.4, 0.5) is 0 Å². The fourth-order valence-electron chi connectivity index (χ4n) is 2.44. The van der Waals surface area contributed by atoms with E-state index in [1.807, 2.05) is 24.3 Å². The highest BCUT2D eigenvalue weighted by Crippen LogP contribution is 2.26. The van der Waals surface area contributed by atoms with Gasteiger partial charge in [-0.1, -0.05) is 24.3 Å². The van der Waals surface area contributed by atoms with Gasteiger partial charge in [-0.25, -0.2) is 14.1 Å². The molecule has 0 bridgehead atoms. The van der Waals surface area contributed by atoms with Crippen LogP contribution >= 0.6 is 0 Å². The maximum atomic E-state index is 12.1. The van der Waals surface area contributed by atoms with Crippen molar-refractivity contribution in [1.82, 2.24) is 9.61 Å². The number of methoxy groups -OCH3 is 1. The number of rotatable bonds is 3. The second-order valence-corrected chi connectivity index (χ2v) is 4.65. The molecule has 3 aromatic rings. The van der Waals surface area contributed by atoms with Gasteiger partial charge >= 0.3 is 11.9 Å². The number of fused-ring (bicyclic) bond motifs is 3. The number of benzene rings is 1. The Hall–Kier alpha value is -2.89. The Balaban J connectivity index is 2.38. The lowest BCUT2D eigenvalue weighted by molar-refractivity contribution is 0.0517. The van der Waals surface area contributed by atoms with E-state index in [4.69, 9.17) is 9.47 Å². The third-order valence-corrected chi connectivity index (χ3v) is 3.39. The fourth-order valence-corrected chi connectivity index (χ4v) is 2.44. The lowest BCUT2D eigenvalue weighted by Crippen LogP contribution is -2.09. The van der Waals surface area contributed by atoms with E-state index < -0.39 is 11.9 Å². The molecule has 2 aromatic heterocycles. The molecule has 0 amide bonds. The van der Waals surface area contributed by atoms with E-state index in [1.165, 1.54) is 17.7 Å². The Morgan fingerprint density at radius 1 is 1.23 bits per heavy atom. The second kappa shape index (κ2) is 5.48. The Labute approximate surface area is 126 Å². The van der Waals surface area contributed by atoms with Crippen LogP contribution in [0.3, 0.4) is 0 Å². The minimum Gasteiger partial charge on any atom is -0.465 e. The molecule has 0 aliphatic carbocycles. The van der Waals surface area contributed by atoms with Crippen molar-refractivity contribution < 1.29 is 19.1 Å². The number of ether oxygens (including phenoxy) is 2. The van der Waals surface area contributed by atoms with E-state index in [2.05, 4.69) is 5.10 Å². The molecule has 112 valence electrons. The van der Waals surface area contributed by atoms with Crippen LogP contribution in [0.5, 0.6) is 0 Å². The number of hydrogen-bond donors (Lipinski definition) is 0. The summed E-state index contributed by atoms with van der Waals surface area (Å²) in [7, 11) is 1.30. The molecule has 0 radical (unpaired) electrons. The van der Waals surface area contributed by atoms with Gasteiger partial charge in [0.2, 0.25) is 0 Å². The van der Waals surface area contributed by atoms with Gasteiger partial charge in [0.1, 0.15) is 0 Å². The average molecular weight is 298 g/mol. The Morgan fingerprint density at radius 3 is 2.73 bits per heavy atom. The molecule has 6 heteroatoms. The van der Waals surface area contributed by atoms with Crippen LogP contribution in [0, 0.1) is 0 Å². The Bertz CT molecular complexity index is 882. The first-order valence-corrected chi connectivity index (χ1v) is 6.82. The molecule has 6 nitrogen and oxygen atoms in total. The van der Waals surface area contributed by atoms with Gasteiger partial charge in [0.05, 0.1) is 31.0 Å². The van der Waals surface area contributed by atoms with Gasteiger partial charge < -0.3 is 9.47 Å². The molecule has 22 heavy (non-hydrogen) atoms. The van der Waals surface area contributed by atoms with E-state index >= 15 is 0 Å². The molecule has 1 aromatic carbocycles. The molecule has 0 atom stereocenters. The van der Waals surface area contributed by atoms with Crippen LogP contribution in [0.1, 0.15) is 27.8 Å². The molecule has 0 fully saturated rings. The third kappa shape index (κ3) is 2.09. The summed E-state index contributed by atoms with van der Waals surface area (Å²) in [5, 5.41) is 5.94. The van der Waals surface area contributed by atoms with Crippen molar-refractivity contribution in [2.24, 2.45) is 0 Å². The highest BCUT2D eigenvalue weighted by atomic mass is 16.5. The van der Waals surface area contributed by atoms with Gasteiger partial charge in [0.25, 0.3) is 0 Å². The summed E-state index contributed by atoms with van der Waals surface area (Å²) in [5.74, 6) is -1.05. The summed E-state index contributed by atoms with van der Waals surface area (Å²) in [5.41, 5.74) is 1.02. The maximum absolute atomic E-state index is 12.1. The molecule has 0 saturated carbocycles. The molecule has 0 unspecified atom stereocenters. The van der Waals surface area contributed by atoms with Gasteiger partial charge in [-0.2, -0.15) is 5.10 Å². The molecule has 0 spiro atoms. The molecule has 0 N–H and O–H groups in total. The minimum absolute atomic E-state index is 0.197. The predicted octanol–water partition coefficient (Wildman–Crippen LogP) is 2.45. The summed E-state index contributed by atoms with van der Waals surface area (Å²) < 4.78 is 11.3. The number of aromatic nitrogens is 2. The minimum atomic E-state index is -0.532. The smallest absolute Gasteiger partial charge is 0.357 e. The third-order valence-electron chi connectivity index (χ3n) is 3.39. The molecular formula is C16H14N2O4. The van der Waals surface area contributed by atoms with Crippen LogP contribution in [0.25, 0.3) is 16.3 Å². The van der Waals surface area contributed by atoms with E-state index in [0.29, 0.717) is 5.52 Å². The van der Waals surface area contributed by atoms with Crippen LogP contribution in [-0.4, -0.2) is 35.3 Å². The van der Waals surface area contributed by atoms with Crippen LogP contribution in [0.15, 0.2) is 36.5 Å². The summed E-state index contributed by atoms with van der Waals surface area (Å²) in [6.45, 7) is 1.96. The molecule has 2 heterocycles. The highest BCUT2D eigenvalue weighted by molar-refractivity contribution is 6.09. The first-order valence-electron chi connectivity index (χ1n) is 6.82. The SMILES string of the molecule is CCOC(=O)c1cc(C(=O)OC)c2c3ccccc3cnn12. The molecule has 0 aliphatic rings. The van der Waals surface area contributed by atoms with E-state index in [-0.39, 0.29) is 17.9 Å². The molecule has 3 rings (SSSR count). The van der Waals surface area contributed by atoms with E-state index in [9.17, 15) is 9.59 Å². The normalized spacial score (nSPS) is 10.8. The summed E-state index contributed by atoms with van der Waals surface area (Å²) in [6.07, 6.45) is 1.64. The van der Waals surface area contributed by atoms with Crippen LogP contribution in [0.2, 0.25) is 0 Å². The lowest BCUT2D eigenvalue weighted by Gasteiger charge is -2.05. The zero-order chi connectivity index (χ0) is 15.7. The standard InChI is InChI=1S/C16H14N2O4/c1-3-22-16(20)13-8-12(15(19)21-2)14-11-7-5-4-6-10(11)9-17-18(13)14/h4-9H,3H2,1-2H3. The highest BCUT2D eigenvalue weighted by Gasteiger charge is 2.23. The summed E-state index contributed by atoms with van der Waals surface area (Å²) in [4.78, 5) is 24.1. The fraction of sp³-hybridized carbons (Fsp3) is 0.188. The topological polar surface area (TPSA) is 69.9 Å². The van der Waals surface area contributed by atoms with Gasteiger partial charge in [0, 0.05) is 10.8 Å². The quantitative estimate of drug-likeness (QED) is 0.695. The molecule has 0 aliphatic heterocycles. The first kappa shape index (κ1) is 14.1. The van der Waals surface area contributed by atoms with Gasteiger partial charge in [-0.3, -0.25) is 0 Å². The van der Waals surface area contributed by atoms with Gasteiger partial charge in [-0.05, 0) is 13.0 Å². The molecular weight excluding hydrogens is 284 g/mol. The van der Waals surface area contributed by atoms with E-state index in [1.54, 1.807) is 13.1 Å². The summed E-state index contributed by atoms with van der Waals surface area (Å²) >= 11 is 0. The average Bonchev–Trinajstić information content (AvgIpc) is 2.94. The first-order chi connectivity index (χ1) is 10.7. The van der Waals surface area contributed by atoms with Gasteiger partial charge in [0.15, 0.2) is 5.69 Å².